The van der Waals surface area contributed by atoms with Crippen LogP contribution in [0.1, 0.15) is 35.8 Å². The van der Waals surface area contributed by atoms with Crippen molar-refractivity contribution in [3.05, 3.63) is 47.7 Å². The maximum Gasteiger partial charge on any atom is 0.340 e. The number of rotatable bonds is 3. The predicted molar refractivity (Wildman–Crippen MR) is 80.9 cm³/mol. The third kappa shape index (κ3) is 2.75. The lowest BCUT2D eigenvalue weighted by Gasteiger charge is -2.17. The Kier molecular flexibility index (Phi) is 3.86. The van der Waals surface area contributed by atoms with Gasteiger partial charge in [-0.25, -0.2) is 9.78 Å². The third-order valence-electron chi connectivity index (χ3n) is 3.39. The topological polar surface area (TPSA) is 48.4 Å². The summed E-state index contributed by atoms with van der Waals surface area (Å²) in [5.74, 6) is 0.316. The van der Waals surface area contributed by atoms with Crippen molar-refractivity contribution in [2.75, 3.05) is 13.2 Å². The second-order valence-corrected chi connectivity index (χ2v) is 4.86. The molecule has 0 unspecified atom stereocenters. The number of benzene rings is 1. The number of nitrogens with zero attached hydrogens (tertiary/aromatic N) is 1. The lowest BCUT2D eigenvalue weighted by atomic mass is 10.1. The first-order valence-electron chi connectivity index (χ1n) is 7.20. The number of fused-ring (bicyclic) bond motifs is 1. The fourth-order valence-electron chi connectivity index (χ4n) is 2.39. The molecule has 1 aliphatic rings. The molecule has 0 aliphatic carbocycles. The molecule has 0 radical (unpaired) electrons. The monoisotopic (exact) mass is 283 g/mol. The van der Waals surface area contributed by atoms with E-state index in [-0.39, 0.29) is 5.97 Å². The fourth-order valence-corrected chi connectivity index (χ4v) is 2.39. The van der Waals surface area contributed by atoms with Gasteiger partial charge in [0.25, 0.3) is 0 Å². The van der Waals surface area contributed by atoms with Gasteiger partial charge in [-0.15, -0.1) is 0 Å². The van der Waals surface area contributed by atoms with Crippen LogP contribution in [0.2, 0.25) is 0 Å². The molecule has 0 amide bonds. The van der Waals surface area contributed by atoms with Crippen LogP contribution in [-0.4, -0.2) is 24.2 Å². The highest BCUT2D eigenvalue weighted by molar-refractivity contribution is 5.98. The molecule has 0 saturated carbocycles. The van der Waals surface area contributed by atoms with E-state index in [2.05, 4.69) is 4.98 Å². The highest BCUT2D eigenvalue weighted by Gasteiger charge is 2.20. The number of aromatic nitrogens is 1. The van der Waals surface area contributed by atoms with Crippen molar-refractivity contribution in [2.24, 2.45) is 0 Å². The molecule has 4 nitrogen and oxygen atoms in total. The molecule has 108 valence electrons. The van der Waals surface area contributed by atoms with E-state index in [1.807, 2.05) is 36.4 Å². The van der Waals surface area contributed by atoms with E-state index in [9.17, 15) is 4.79 Å². The second-order valence-electron chi connectivity index (χ2n) is 4.86. The molecular weight excluding hydrogens is 266 g/mol. The van der Waals surface area contributed by atoms with Crippen molar-refractivity contribution in [3.8, 4) is 0 Å². The molecule has 1 aromatic heterocycles. The van der Waals surface area contributed by atoms with Crippen LogP contribution in [0.3, 0.4) is 0 Å². The summed E-state index contributed by atoms with van der Waals surface area (Å²) in [5, 5.41) is 0.917. The highest BCUT2D eigenvalue weighted by Crippen LogP contribution is 2.26. The van der Waals surface area contributed by atoms with Crippen molar-refractivity contribution in [3.63, 3.8) is 0 Å². The summed E-state index contributed by atoms with van der Waals surface area (Å²) in [5.41, 5.74) is 1.88. The summed E-state index contributed by atoms with van der Waals surface area (Å²) >= 11 is 0. The largest absolute Gasteiger partial charge is 0.492 e. The first-order chi connectivity index (χ1) is 10.3. The molecule has 1 aromatic carbocycles. The Balaban J connectivity index is 2.16. The van der Waals surface area contributed by atoms with Gasteiger partial charge in [0.15, 0.2) is 0 Å². The molecule has 1 aliphatic heterocycles. The number of hydrogen-bond donors (Lipinski definition) is 0. The molecule has 0 bridgehead atoms. The minimum Gasteiger partial charge on any atom is -0.492 e. The van der Waals surface area contributed by atoms with E-state index in [4.69, 9.17) is 9.47 Å². The summed E-state index contributed by atoms with van der Waals surface area (Å²) < 4.78 is 10.8. The maximum absolute atomic E-state index is 12.2. The van der Waals surface area contributed by atoms with Crippen LogP contribution in [0.15, 0.2) is 36.4 Å². The molecule has 21 heavy (non-hydrogen) atoms. The Bertz CT molecular complexity index is 706. The summed E-state index contributed by atoms with van der Waals surface area (Å²) in [4.78, 5) is 16.8. The number of ether oxygens (including phenoxy) is 2. The van der Waals surface area contributed by atoms with Gasteiger partial charge in [0, 0.05) is 5.39 Å². The minimum absolute atomic E-state index is 0.338. The molecule has 4 heteroatoms. The zero-order valence-corrected chi connectivity index (χ0v) is 12.0. The van der Waals surface area contributed by atoms with Gasteiger partial charge >= 0.3 is 5.97 Å². The van der Waals surface area contributed by atoms with Gasteiger partial charge in [-0.05, 0) is 38.0 Å². The van der Waals surface area contributed by atoms with E-state index in [0.717, 1.165) is 23.7 Å². The average molecular weight is 283 g/mol. The number of pyridine rings is 1. The number of hydrogen-bond acceptors (Lipinski definition) is 4. The normalized spacial score (nSPS) is 14.4. The first-order valence-corrected chi connectivity index (χ1v) is 7.20. The van der Waals surface area contributed by atoms with Crippen LogP contribution in [0.5, 0.6) is 0 Å². The van der Waals surface area contributed by atoms with Crippen LogP contribution in [-0.2, 0) is 9.47 Å². The molecule has 2 heterocycles. The number of carbonyl (C=O) groups is 1. The van der Waals surface area contributed by atoms with Gasteiger partial charge in [-0.2, -0.15) is 0 Å². The zero-order valence-electron chi connectivity index (χ0n) is 12.0. The van der Waals surface area contributed by atoms with Gasteiger partial charge < -0.3 is 9.47 Å². The third-order valence-corrected chi connectivity index (χ3v) is 3.39. The van der Waals surface area contributed by atoms with E-state index in [1.165, 1.54) is 0 Å². The predicted octanol–water partition coefficient (Wildman–Crippen LogP) is 3.56. The fraction of sp³-hybridized carbons (Fsp3) is 0.294. The van der Waals surface area contributed by atoms with Crippen molar-refractivity contribution in [2.45, 2.75) is 19.8 Å². The van der Waals surface area contributed by atoms with Crippen molar-refractivity contribution >= 4 is 22.6 Å². The van der Waals surface area contributed by atoms with E-state index >= 15 is 0 Å². The van der Waals surface area contributed by atoms with Gasteiger partial charge in [0.1, 0.15) is 11.5 Å². The summed E-state index contributed by atoms with van der Waals surface area (Å²) in [7, 11) is 0. The van der Waals surface area contributed by atoms with E-state index in [1.54, 1.807) is 6.92 Å². The Hall–Kier alpha value is -2.36. The van der Waals surface area contributed by atoms with Crippen molar-refractivity contribution in [1.82, 2.24) is 4.98 Å². The van der Waals surface area contributed by atoms with Crippen molar-refractivity contribution in [1.29, 1.82) is 0 Å². The average Bonchev–Trinajstić information content (AvgIpc) is 2.54. The summed E-state index contributed by atoms with van der Waals surface area (Å²) in [6.45, 7) is 2.79. The molecule has 0 atom stereocenters. The SMILES string of the molecule is CCOC(=O)c1cc2ccccc2nc1C1=CCCCO1. The molecule has 2 aromatic rings. The van der Waals surface area contributed by atoms with Crippen LogP contribution in [0.4, 0.5) is 0 Å². The Labute approximate surface area is 123 Å². The van der Waals surface area contributed by atoms with Gasteiger partial charge in [0.05, 0.1) is 24.3 Å². The molecule has 0 fully saturated rings. The smallest absolute Gasteiger partial charge is 0.340 e. The molecule has 0 N–H and O–H groups in total. The van der Waals surface area contributed by atoms with Crippen LogP contribution < -0.4 is 0 Å². The van der Waals surface area contributed by atoms with E-state index < -0.39 is 0 Å². The maximum atomic E-state index is 12.2. The lowest BCUT2D eigenvalue weighted by Crippen LogP contribution is -2.12. The molecule has 3 rings (SSSR count). The number of carbonyl (C=O) groups excluding carboxylic acids is 1. The van der Waals surface area contributed by atoms with Gasteiger partial charge in [0.2, 0.25) is 0 Å². The molecule has 0 spiro atoms. The number of para-hydroxylation sites is 1. The highest BCUT2D eigenvalue weighted by atomic mass is 16.5. The standard InChI is InChI=1S/C17H17NO3/c1-2-20-17(19)13-11-12-7-3-4-8-14(12)18-16(13)15-9-5-6-10-21-15/h3-4,7-9,11H,2,5-6,10H2,1H3. The molecule has 0 saturated heterocycles. The quantitative estimate of drug-likeness (QED) is 0.808. The van der Waals surface area contributed by atoms with Crippen molar-refractivity contribution < 1.29 is 14.3 Å². The number of allylic oxidation sites excluding steroid dienone is 1. The summed E-state index contributed by atoms with van der Waals surface area (Å²) in [6, 6.07) is 9.55. The second kappa shape index (κ2) is 5.95. The first kappa shape index (κ1) is 13.6. The van der Waals surface area contributed by atoms with Crippen LogP contribution >= 0.6 is 0 Å². The number of esters is 1. The Morgan fingerprint density at radius 1 is 1.38 bits per heavy atom. The van der Waals surface area contributed by atoms with Gasteiger partial charge in [-0.1, -0.05) is 18.2 Å². The van der Waals surface area contributed by atoms with Crippen LogP contribution in [0, 0.1) is 0 Å². The summed E-state index contributed by atoms with van der Waals surface area (Å²) in [6.07, 6.45) is 3.92. The van der Waals surface area contributed by atoms with E-state index in [0.29, 0.717) is 30.2 Å². The Morgan fingerprint density at radius 2 is 2.24 bits per heavy atom. The Morgan fingerprint density at radius 3 is 3.00 bits per heavy atom. The lowest BCUT2D eigenvalue weighted by molar-refractivity contribution is 0.0525. The van der Waals surface area contributed by atoms with Gasteiger partial charge in [-0.3, -0.25) is 0 Å². The zero-order chi connectivity index (χ0) is 14.7. The van der Waals surface area contributed by atoms with Crippen LogP contribution in [0.25, 0.3) is 16.7 Å². The minimum atomic E-state index is -0.360. The molecular formula is C17H17NO3.